The number of aliphatic hydroxyl groups excluding tert-OH is 1. The highest BCUT2D eigenvalue weighted by Crippen LogP contribution is 2.24. The van der Waals surface area contributed by atoms with Gasteiger partial charge in [0, 0.05) is 0 Å². The van der Waals surface area contributed by atoms with Crippen LogP contribution in [0.3, 0.4) is 0 Å². The van der Waals surface area contributed by atoms with Gasteiger partial charge in [0.05, 0.1) is 12.1 Å². The lowest BCUT2D eigenvalue weighted by Gasteiger charge is -2.28. The fourth-order valence-electron chi connectivity index (χ4n) is 2.25. The summed E-state index contributed by atoms with van der Waals surface area (Å²) < 4.78 is 5.23. The van der Waals surface area contributed by atoms with Crippen LogP contribution in [0.4, 0.5) is 0 Å². The molecule has 0 saturated heterocycles. The van der Waals surface area contributed by atoms with E-state index in [0.29, 0.717) is 0 Å². The van der Waals surface area contributed by atoms with Gasteiger partial charge in [-0.3, -0.25) is 4.79 Å². The summed E-state index contributed by atoms with van der Waals surface area (Å²) in [5.41, 5.74) is 0. The zero-order valence-electron chi connectivity index (χ0n) is 10.7. The molecule has 0 unspecified atom stereocenters. The van der Waals surface area contributed by atoms with Crippen molar-refractivity contribution in [2.75, 3.05) is 6.61 Å². The SMILES string of the molecule is O=C(COc1ccccc1O)N[C@H]1CCCC[C@@H]1O. The summed E-state index contributed by atoms with van der Waals surface area (Å²) in [7, 11) is 0. The van der Waals surface area contributed by atoms with Crippen molar-refractivity contribution in [2.24, 2.45) is 0 Å². The molecule has 5 nitrogen and oxygen atoms in total. The van der Waals surface area contributed by atoms with Crippen molar-refractivity contribution >= 4 is 5.91 Å². The second kappa shape index (κ2) is 6.43. The van der Waals surface area contributed by atoms with Crippen LogP contribution in [-0.4, -0.2) is 34.9 Å². The summed E-state index contributed by atoms with van der Waals surface area (Å²) in [6, 6.07) is 6.31. The first-order valence-corrected chi connectivity index (χ1v) is 6.55. The molecule has 1 aromatic carbocycles. The fourth-order valence-corrected chi connectivity index (χ4v) is 2.25. The smallest absolute Gasteiger partial charge is 0.258 e. The van der Waals surface area contributed by atoms with Crippen LogP contribution < -0.4 is 10.1 Å². The Bertz CT molecular complexity index is 435. The highest BCUT2D eigenvalue weighted by atomic mass is 16.5. The Balaban J connectivity index is 1.80. The third-order valence-electron chi connectivity index (χ3n) is 3.30. The lowest BCUT2D eigenvalue weighted by molar-refractivity contribution is -0.125. The van der Waals surface area contributed by atoms with Crippen LogP contribution in [0.2, 0.25) is 0 Å². The third-order valence-corrected chi connectivity index (χ3v) is 3.30. The summed E-state index contributed by atoms with van der Waals surface area (Å²) in [6.07, 6.45) is 3.07. The van der Waals surface area contributed by atoms with E-state index in [4.69, 9.17) is 4.74 Å². The van der Waals surface area contributed by atoms with Crippen LogP contribution in [0.25, 0.3) is 0 Å². The number of rotatable bonds is 4. The number of phenols is 1. The Labute approximate surface area is 112 Å². The minimum absolute atomic E-state index is 0.00741. The molecule has 1 amide bonds. The van der Waals surface area contributed by atoms with Crippen LogP contribution in [0.1, 0.15) is 25.7 Å². The minimum atomic E-state index is -0.470. The van der Waals surface area contributed by atoms with Crippen LogP contribution in [0.5, 0.6) is 11.5 Å². The Morgan fingerprint density at radius 1 is 1.32 bits per heavy atom. The molecule has 1 aliphatic carbocycles. The van der Waals surface area contributed by atoms with E-state index in [2.05, 4.69) is 5.32 Å². The lowest BCUT2D eigenvalue weighted by atomic mass is 9.92. The second-order valence-electron chi connectivity index (χ2n) is 4.78. The molecule has 0 heterocycles. The van der Waals surface area contributed by atoms with Gasteiger partial charge >= 0.3 is 0 Å². The van der Waals surface area contributed by atoms with E-state index in [0.717, 1.165) is 25.7 Å². The maximum atomic E-state index is 11.7. The molecule has 3 N–H and O–H groups in total. The molecular weight excluding hydrogens is 246 g/mol. The number of aromatic hydroxyl groups is 1. The molecule has 0 bridgehead atoms. The molecule has 2 atom stereocenters. The van der Waals surface area contributed by atoms with Crippen molar-refractivity contribution in [3.05, 3.63) is 24.3 Å². The van der Waals surface area contributed by atoms with Crippen LogP contribution >= 0.6 is 0 Å². The first-order chi connectivity index (χ1) is 9.16. The molecule has 104 valence electrons. The molecule has 1 saturated carbocycles. The van der Waals surface area contributed by atoms with Crippen LogP contribution in [-0.2, 0) is 4.79 Å². The number of ether oxygens (including phenoxy) is 1. The third kappa shape index (κ3) is 3.86. The van der Waals surface area contributed by atoms with Crippen molar-refractivity contribution in [3.8, 4) is 11.5 Å². The van der Waals surface area contributed by atoms with Gasteiger partial charge in [-0.15, -0.1) is 0 Å². The highest BCUT2D eigenvalue weighted by Gasteiger charge is 2.24. The van der Waals surface area contributed by atoms with Gasteiger partial charge in [-0.2, -0.15) is 0 Å². The second-order valence-corrected chi connectivity index (χ2v) is 4.78. The molecule has 1 fully saturated rings. The van der Waals surface area contributed by atoms with Crippen molar-refractivity contribution in [2.45, 2.75) is 37.8 Å². The molecule has 0 spiro atoms. The molecule has 19 heavy (non-hydrogen) atoms. The van der Waals surface area contributed by atoms with E-state index in [1.165, 1.54) is 6.07 Å². The van der Waals surface area contributed by atoms with E-state index in [-0.39, 0.29) is 30.1 Å². The number of benzene rings is 1. The Hall–Kier alpha value is -1.75. The van der Waals surface area contributed by atoms with E-state index in [1.54, 1.807) is 18.2 Å². The van der Waals surface area contributed by atoms with Gasteiger partial charge in [-0.25, -0.2) is 0 Å². The summed E-state index contributed by atoms with van der Waals surface area (Å²) >= 11 is 0. The predicted octanol–water partition coefficient (Wildman–Crippen LogP) is 1.19. The number of carbonyl (C=O) groups is 1. The van der Waals surface area contributed by atoms with Crippen molar-refractivity contribution in [1.29, 1.82) is 0 Å². The van der Waals surface area contributed by atoms with E-state index in [9.17, 15) is 15.0 Å². The number of aliphatic hydroxyl groups is 1. The van der Waals surface area contributed by atoms with E-state index in [1.807, 2.05) is 0 Å². The number of amides is 1. The highest BCUT2D eigenvalue weighted by molar-refractivity contribution is 5.78. The molecule has 0 radical (unpaired) electrons. The molecule has 0 aromatic heterocycles. The van der Waals surface area contributed by atoms with Gasteiger partial charge in [0.1, 0.15) is 0 Å². The number of carbonyl (C=O) groups excluding carboxylic acids is 1. The molecule has 0 aliphatic heterocycles. The maximum absolute atomic E-state index is 11.7. The van der Waals surface area contributed by atoms with Gasteiger partial charge < -0.3 is 20.3 Å². The quantitative estimate of drug-likeness (QED) is 0.764. The van der Waals surface area contributed by atoms with Crippen LogP contribution in [0.15, 0.2) is 24.3 Å². The first-order valence-electron chi connectivity index (χ1n) is 6.55. The largest absolute Gasteiger partial charge is 0.504 e. The van der Waals surface area contributed by atoms with Gasteiger partial charge in [-0.05, 0) is 25.0 Å². The van der Waals surface area contributed by atoms with Crippen LogP contribution in [0, 0.1) is 0 Å². The molecule has 5 heteroatoms. The van der Waals surface area contributed by atoms with E-state index < -0.39 is 6.10 Å². The first kappa shape index (κ1) is 13.7. The number of hydrogen-bond donors (Lipinski definition) is 3. The summed E-state index contributed by atoms with van der Waals surface area (Å²) in [5, 5.41) is 22.0. The zero-order chi connectivity index (χ0) is 13.7. The summed E-state index contributed by atoms with van der Waals surface area (Å²) in [4.78, 5) is 11.7. The average molecular weight is 265 g/mol. The topological polar surface area (TPSA) is 78.8 Å². The van der Waals surface area contributed by atoms with E-state index >= 15 is 0 Å². The minimum Gasteiger partial charge on any atom is -0.504 e. The van der Waals surface area contributed by atoms with Crippen molar-refractivity contribution in [1.82, 2.24) is 5.32 Å². The van der Waals surface area contributed by atoms with Gasteiger partial charge in [-0.1, -0.05) is 25.0 Å². The average Bonchev–Trinajstić information content (AvgIpc) is 2.40. The van der Waals surface area contributed by atoms with Gasteiger partial charge in [0.15, 0.2) is 18.1 Å². The summed E-state index contributed by atoms with van der Waals surface area (Å²) in [5.74, 6) is 0.00375. The molecular formula is C14H19NO4. The normalized spacial score (nSPS) is 22.8. The Morgan fingerprint density at radius 2 is 2.05 bits per heavy atom. The fraction of sp³-hybridized carbons (Fsp3) is 0.500. The van der Waals surface area contributed by atoms with Crippen molar-refractivity contribution in [3.63, 3.8) is 0 Å². The number of hydrogen-bond acceptors (Lipinski definition) is 4. The Morgan fingerprint density at radius 3 is 2.79 bits per heavy atom. The standard InChI is InChI=1S/C14H19NO4/c16-11-6-2-1-5-10(11)15-14(18)9-19-13-8-4-3-7-12(13)17/h3-4,7-8,10-11,16-17H,1-2,5-6,9H2,(H,15,18)/t10-,11-/m0/s1. The molecule has 1 aromatic rings. The number of nitrogens with one attached hydrogen (secondary N) is 1. The lowest BCUT2D eigenvalue weighted by Crippen LogP contribution is -2.46. The van der Waals surface area contributed by atoms with Gasteiger partial charge in [0.25, 0.3) is 5.91 Å². The maximum Gasteiger partial charge on any atom is 0.258 e. The van der Waals surface area contributed by atoms with Crippen molar-refractivity contribution < 1.29 is 19.7 Å². The molecule has 1 aliphatic rings. The predicted molar refractivity (Wildman–Crippen MR) is 70.0 cm³/mol. The zero-order valence-corrected chi connectivity index (χ0v) is 10.7. The summed E-state index contributed by atoms with van der Waals surface area (Å²) in [6.45, 7) is -0.166. The number of para-hydroxylation sites is 2. The Kier molecular flexibility index (Phi) is 4.63. The molecule has 2 rings (SSSR count). The van der Waals surface area contributed by atoms with Gasteiger partial charge in [0.2, 0.25) is 0 Å². The monoisotopic (exact) mass is 265 g/mol. The number of phenolic OH excluding ortho intramolecular Hbond substituents is 1.